The molecule has 0 amide bonds. The van der Waals surface area contributed by atoms with Gasteiger partial charge >= 0.3 is 5.97 Å². The summed E-state index contributed by atoms with van der Waals surface area (Å²) in [6.07, 6.45) is 8.07. The summed E-state index contributed by atoms with van der Waals surface area (Å²) in [7, 11) is 0. The van der Waals surface area contributed by atoms with Gasteiger partial charge in [0.25, 0.3) is 0 Å². The molecule has 1 aliphatic rings. The molecular weight excluding hydrogens is 204 g/mol. The maximum Gasteiger partial charge on any atom is 0.310 e. The van der Waals surface area contributed by atoms with Gasteiger partial charge in [-0.25, -0.2) is 0 Å². The van der Waals surface area contributed by atoms with Crippen LogP contribution in [0.2, 0.25) is 0 Å². The lowest BCUT2D eigenvalue weighted by Gasteiger charge is -2.26. The molecule has 0 atom stereocenters. The number of carbonyl (C=O) groups is 1. The lowest BCUT2D eigenvalue weighted by atomic mass is 9.77. The molecule has 1 fully saturated rings. The van der Waals surface area contributed by atoms with Crippen molar-refractivity contribution in [2.45, 2.75) is 44.9 Å². The second-order valence-corrected chi connectivity index (χ2v) is 4.76. The number of hydrogen-bond donors (Lipinski definition) is 1. The van der Waals surface area contributed by atoms with Gasteiger partial charge in [0.05, 0.1) is 11.7 Å². The van der Waals surface area contributed by atoms with E-state index in [2.05, 4.69) is 0 Å². The van der Waals surface area contributed by atoms with Crippen molar-refractivity contribution in [1.29, 1.82) is 0 Å². The molecule has 3 heteroatoms. The number of hydrogen-bond acceptors (Lipinski definition) is 2. The van der Waals surface area contributed by atoms with Crippen LogP contribution in [0.15, 0.2) is 22.8 Å². The second kappa shape index (κ2) is 4.73. The van der Waals surface area contributed by atoms with E-state index in [9.17, 15) is 9.90 Å². The number of carboxylic acid groups (broad SMARTS) is 1. The molecule has 0 aliphatic heterocycles. The molecule has 1 aliphatic carbocycles. The highest BCUT2D eigenvalue weighted by Crippen LogP contribution is 2.38. The first-order valence-corrected chi connectivity index (χ1v) is 5.99. The van der Waals surface area contributed by atoms with E-state index in [1.807, 2.05) is 12.1 Å². The summed E-state index contributed by atoms with van der Waals surface area (Å²) >= 11 is 0. The Labute approximate surface area is 95.5 Å². The van der Waals surface area contributed by atoms with E-state index < -0.39 is 11.4 Å². The topological polar surface area (TPSA) is 50.4 Å². The van der Waals surface area contributed by atoms with Gasteiger partial charge in [-0.05, 0) is 25.0 Å². The molecule has 0 aromatic carbocycles. The van der Waals surface area contributed by atoms with Crippen LogP contribution < -0.4 is 0 Å². The highest BCUT2D eigenvalue weighted by atomic mass is 16.4. The lowest BCUT2D eigenvalue weighted by molar-refractivity contribution is -0.150. The minimum absolute atomic E-state index is 0.537. The van der Waals surface area contributed by atoms with Gasteiger partial charge in [0, 0.05) is 6.42 Å². The highest BCUT2D eigenvalue weighted by molar-refractivity contribution is 5.75. The molecule has 16 heavy (non-hydrogen) atoms. The Hall–Kier alpha value is -1.25. The molecule has 88 valence electrons. The van der Waals surface area contributed by atoms with E-state index in [0.29, 0.717) is 6.42 Å². The maximum atomic E-state index is 11.5. The molecule has 0 unspecified atom stereocenters. The SMILES string of the molecule is O=C(O)C1(Cc2ccco2)CCCCCC1. The van der Waals surface area contributed by atoms with Gasteiger partial charge in [-0.1, -0.05) is 25.7 Å². The van der Waals surface area contributed by atoms with Gasteiger partial charge in [-0.15, -0.1) is 0 Å². The Morgan fingerprint density at radius 1 is 1.31 bits per heavy atom. The zero-order chi connectivity index (χ0) is 11.4. The maximum absolute atomic E-state index is 11.5. The van der Waals surface area contributed by atoms with Crippen LogP contribution in [0.4, 0.5) is 0 Å². The average molecular weight is 222 g/mol. The minimum atomic E-state index is -0.661. The van der Waals surface area contributed by atoms with Crippen LogP contribution in [0, 0.1) is 5.41 Å². The van der Waals surface area contributed by atoms with Crippen molar-refractivity contribution in [3.63, 3.8) is 0 Å². The first-order valence-electron chi connectivity index (χ1n) is 5.99. The zero-order valence-electron chi connectivity index (χ0n) is 9.45. The summed E-state index contributed by atoms with van der Waals surface area (Å²) in [6, 6.07) is 3.69. The number of rotatable bonds is 3. The summed E-state index contributed by atoms with van der Waals surface area (Å²) in [4.78, 5) is 11.5. The van der Waals surface area contributed by atoms with Gasteiger partial charge < -0.3 is 9.52 Å². The monoisotopic (exact) mass is 222 g/mol. The molecule has 1 aromatic rings. The molecule has 0 saturated heterocycles. The van der Waals surface area contributed by atoms with E-state index in [1.54, 1.807) is 6.26 Å². The quantitative estimate of drug-likeness (QED) is 0.799. The van der Waals surface area contributed by atoms with Crippen LogP contribution >= 0.6 is 0 Å². The van der Waals surface area contributed by atoms with Crippen molar-refractivity contribution < 1.29 is 14.3 Å². The highest BCUT2D eigenvalue weighted by Gasteiger charge is 2.39. The van der Waals surface area contributed by atoms with Gasteiger partial charge in [-0.3, -0.25) is 4.79 Å². The van der Waals surface area contributed by atoms with E-state index in [0.717, 1.165) is 44.3 Å². The standard InChI is InChI=1S/C13H18O3/c14-12(15)13(7-3-1-2-4-8-13)10-11-6-5-9-16-11/h5-6,9H,1-4,7-8,10H2,(H,14,15). The van der Waals surface area contributed by atoms with Crippen LogP contribution in [0.25, 0.3) is 0 Å². The predicted octanol–water partition coefficient (Wildman–Crippen LogP) is 3.25. The molecule has 2 rings (SSSR count). The molecule has 0 radical (unpaired) electrons. The van der Waals surface area contributed by atoms with Crippen LogP contribution in [0.1, 0.15) is 44.3 Å². The molecule has 1 aromatic heterocycles. The summed E-state index contributed by atoms with van der Waals surface area (Å²) in [6.45, 7) is 0. The molecule has 0 spiro atoms. The van der Waals surface area contributed by atoms with E-state index in [1.165, 1.54) is 0 Å². The number of carboxylic acids is 1. The molecule has 1 saturated carbocycles. The molecule has 1 N–H and O–H groups in total. The van der Waals surface area contributed by atoms with Crippen molar-refractivity contribution in [2.24, 2.45) is 5.41 Å². The average Bonchev–Trinajstić information content (AvgIpc) is 2.62. The van der Waals surface area contributed by atoms with Crippen molar-refractivity contribution in [3.8, 4) is 0 Å². The van der Waals surface area contributed by atoms with Crippen LogP contribution in [0.3, 0.4) is 0 Å². The Kier molecular flexibility index (Phi) is 3.32. The third-order valence-corrected chi connectivity index (χ3v) is 3.61. The molecular formula is C13H18O3. The fourth-order valence-electron chi connectivity index (χ4n) is 2.62. The summed E-state index contributed by atoms with van der Waals surface area (Å²) in [5.41, 5.74) is -0.589. The number of furan rings is 1. The van der Waals surface area contributed by atoms with E-state index in [4.69, 9.17) is 4.42 Å². The first kappa shape index (κ1) is 11.2. The van der Waals surface area contributed by atoms with Crippen LogP contribution in [-0.4, -0.2) is 11.1 Å². The van der Waals surface area contributed by atoms with Gasteiger partial charge in [0.2, 0.25) is 0 Å². The Bertz CT molecular complexity index is 332. The molecule has 0 bridgehead atoms. The largest absolute Gasteiger partial charge is 0.481 e. The van der Waals surface area contributed by atoms with Crippen LogP contribution in [0.5, 0.6) is 0 Å². The Balaban J connectivity index is 2.17. The number of aliphatic carboxylic acids is 1. The zero-order valence-corrected chi connectivity index (χ0v) is 9.45. The second-order valence-electron chi connectivity index (χ2n) is 4.76. The van der Waals surface area contributed by atoms with Gasteiger partial charge in [0.1, 0.15) is 5.76 Å². The first-order chi connectivity index (χ1) is 7.73. The third kappa shape index (κ3) is 2.29. The molecule has 1 heterocycles. The molecule has 3 nitrogen and oxygen atoms in total. The van der Waals surface area contributed by atoms with Crippen molar-refractivity contribution in [3.05, 3.63) is 24.2 Å². The smallest absolute Gasteiger partial charge is 0.310 e. The summed E-state index contributed by atoms with van der Waals surface area (Å²) < 4.78 is 5.29. The Morgan fingerprint density at radius 3 is 2.50 bits per heavy atom. The predicted molar refractivity (Wildman–Crippen MR) is 60.2 cm³/mol. The minimum Gasteiger partial charge on any atom is -0.481 e. The van der Waals surface area contributed by atoms with Crippen molar-refractivity contribution in [2.75, 3.05) is 0 Å². The fraction of sp³-hybridized carbons (Fsp3) is 0.615. The van der Waals surface area contributed by atoms with E-state index in [-0.39, 0.29) is 0 Å². The summed E-state index contributed by atoms with van der Waals surface area (Å²) in [5.74, 6) is 0.134. The van der Waals surface area contributed by atoms with Gasteiger partial charge in [-0.2, -0.15) is 0 Å². The van der Waals surface area contributed by atoms with E-state index >= 15 is 0 Å². The fourth-order valence-corrected chi connectivity index (χ4v) is 2.62. The van der Waals surface area contributed by atoms with Crippen molar-refractivity contribution >= 4 is 5.97 Å². The summed E-state index contributed by atoms with van der Waals surface area (Å²) in [5, 5.41) is 9.47. The van der Waals surface area contributed by atoms with Crippen molar-refractivity contribution in [1.82, 2.24) is 0 Å². The Morgan fingerprint density at radius 2 is 2.00 bits per heavy atom. The lowest BCUT2D eigenvalue weighted by Crippen LogP contribution is -2.32. The normalized spacial score (nSPS) is 20.2. The van der Waals surface area contributed by atoms with Gasteiger partial charge in [0.15, 0.2) is 0 Å². The third-order valence-electron chi connectivity index (χ3n) is 3.61. The van der Waals surface area contributed by atoms with Crippen LogP contribution in [-0.2, 0) is 11.2 Å².